The van der Waals surface area contributed by atoms with Crippen LogP contribution < -0.4 is 5.73 Å². The monoisotopic (exact) mass is 241 g/mol. The van der Waals surface area contributed by atoms with Gasteiger partial charge in [0, 0.05) is 30.7 Å². The Hall–Kier alpha value is -1.45. The van der Waals surface area contributed by atoms with E-state index in [-0.39, 0.29) is 0 Å². The summed E-state index contributed by atoms with van der Waals surface area (Å²) >= 11 is 0. The lowest BCUT2D eigenvalue weighted by Gasteiger charge is -2.30. The van der Waals surface area contributed by atoms with E-state index in [4.69, 9.17) is 5.73 Å². The summed E-state index contributed by atoms with van der Waals surface area (Å²) in [4.78, 5) is 6.86. The molecule has 2 aromatic rings. The van der Waals surface area contributed by atoms with Crippen LogP contribution >= 0.6 is 0 Å². The highest BCUT2D eigenvalue weighted by Crippen LogP contribution is 2.19. The molecular weight excluding hydrogens is 222 g/mol. The number of fused-ring (bicyclic) bond motifs is 1. The van der Waals surface area contributed by atoms with Crippen molar-refractivity contribution in [1.29, 1.82) is 0 Å². The van der Waals surface area contributed by atoms with Gasteiger partial charge in [-0.25, -0.2) is 0 Å². The van der Waals surface area contributed by atoms with Crippen LogP contribution in [-0.2, 0) is 6.54 Å². The molecule has 0 spiro atoms. The summed E-state index contributed by atoms with van der Waals surface area (Å²) in [5, 5.41) is 1.26. The molecule has 3 nitrogen and oxygen atoms in total. The molecule has 1 fully saturated rings. The minimum atomic E-state index is 0.340. The number of nitrogens with zero attached hydrogens (tertiary/aromatic N) is 2. The molecule has 1 aromatic carbocycles. The van der Waals surface area contributed by atoms with Gasteiger partial charge in [0.05, 0.1) is 5.52 Å². The van der Waals surface area contributed by atoms with Crippen LogP contribution in [0.15, 0.2) is 36.5 Å². The van der Waals surface area contributed by atoms with Gasteiger partial charge in [-0.15, -0.1) is 0 Å². The molecule has 1 aromatic heterocycles. The van der Waals surface area contributed by atoms with E-state index in [0.717, 1.165) is 31.6 Å². The van der Waals surface area contributed by atoms with E-state index in [1.165, 1.54) is 17.4 Å². The molecule has 18 heavy (non-hydrogen) atoms. The van der Waals surface area contributed by atoms with Crippen LogP contribution in [0.5, 0.6) is 0 Å². The minimum Gasteiger partial charge on any atom is -0.327 e. The van der Waals surface area contributed by atoms with Crippen molar-refractivity contribution in [3.8, 4) is 0 Å². The van der Waals surface area contributed by atoms with Gasteiger partial charge in [0.15, 0.2) is 0 Å². The third kappa shape index (κ3) is 2.37. The largest absolute Gasteiger partial charge is 0.327 e. The van der Waals surface area contributed by atoms with E-state index >= 15 is 0 Å². The van der Waals surface area contributed by atoms with Crippen LogP contribution in [0.1, 0.15) is 18.4 Å². The number of aromatic nitrogens is 1. The zero-order valence-corrected chi connectivity index (χ0v) is 10.5. The van der Waals surface area contributed by atoms with Crippen molar-refractivity contribution >= 4 is 10.9 Å². The Morgan fingerprint density at radius 3 is 3.06 bits per heavy atom. The molecule has 1 aliphatic heterocycles. The molecule has 0 saturated carbocycles. The molecule has 1 saturated heterocycles. The Kier molecular flexibility index (Phi) is 3.26. The first kappa shape index (κ1) is 11.6. The fourth-order valence-electron chi connectivity index (χ4n) is 2.77. The van der Waals surface area contributed by atoms with Crippen LogP contribution in [0.25, 0.3) is 10.9 Å². The Labute approximate surface area is 108 Å². The normalized spacial score (nSPS) is 21.3. The fraction of sp³-hybridized carbons (Fsp3) is 0.400. The number of likely N-dealkylation sites (tertiary alicyclic amines) is 1. The van der Waals surface area contributed by atoms with Crippen molar-refractivity contribution in [2.24, 2.45) is 5.73 Å². The Balaban J connectivity index is 1.86. The van der Waals surface area contributed by atoms with Crippen molar-refractivity contribution < 1.29 is 0 Å². The maximum atomic E-state index is 6.04. The van der Waals surface area contributed by atoms with Gasteiger partial charge in [-0.3, -0.25) is 9.88 Å². The van der Waals surface area contributed by atoms with E-state index in [2.05, 4.69) is 34.1 Å². The van der Waals surface area contributed by atoms with E-state index < -0.39 is 0 Å². The Bertz CT molecular complexity index is 533. The van der Waals surface area contributed by atoms with Crippen LogP contribution in [0.3, 0.4) is 0 Å². The lowest BCUT2D eigenvalue weighted by atomic mass is 10.0. The molecule has 2 N–H and O–H groups in total. The zero-order chi connectivity index (χ0) is 12.4. The topological polar surface area (TPSA) is 42.1 Å². The third-order valence-electron chi connectivity index (χ3n) is 3.68. The van der Waals surface area contributed by atoms with Crippen molar-refractivity contribution in [3.05, 3.63) is 42.1 Å². The van der Waals surface area contributed by atoms with Crippen molar-refractivity contribution in [3.63, 3.8) is 0 Å². The molecule has 2 heterocycles. The summed E-state index contributed by atoms with van der Waals surface area (Å²) < 4.78 is 0. The van der Waals surface area contributed by atoms with E-state index in [1.54, 1.807) is 0 Å². The number of nitrogens with two attached hydrogens (primary N) is 1. The number of benzene rings is 1. The maximum Gasteiger partial charge on any atom is 0.0705 e. The first-order chi connectivity index (χ1) is 8.83. The van der Waals surface area contributed by atoms with Gasteiger partial charge in [0.2, 0.25) is 0 Å². The van der Waals surface area contributed by atoms with Gasteiger partial charge >= 0.3 is 0 Å². The standard InChI is InChI=1S/C15H19N3/c16-13-4-3-9-18(11-13)10-12-7-8-17-15-6-2-1-5-14(12)15/h1-2,5-8,13H,3-4,9-11,16H2. The van der Waals surface area contributed by atoms with E-state index in [1.807, 2.05) is 12.3 Å². The molecule has 0 amide bonds. The number of hydrogen-bond acceptors (Lipinski definition) is 3. The number of piperidine rings is 1. The molecule has 3 heteroatoms. The van der Waals surface area contributed by atoms with Gasteiger partial charge in [-0.2, -0.15) is 0 Å². The average Bonchev–Trinajstić information content (AvgIpc) is 2.39. The highest BCUT2D eigenvalue weighted by Gasteiger charge is 2.17. The molecule has 1 aliphatic rings. The SMILES string of the molecule is NC1CCCN(Cc2ccnc3ccccc23)C1. The predicted molar refractivity (Wildman–Crippen MR) is 74.2 cm³/mol. The van der Waals surface area contributed by atoms with Crippen LogP contribution in [0.4, 0.5) is 0 Å². The predicted octanol–water partition coefficient (Wildman–Crippen LogP) is 2.16. The highest BCUT2D eigenvalue weighted by molar-refractivity contribution is 5.81. The summed E-state index contributed by atoms with van der Waals surface area (Å²) in [7, 11) is 0. The van der Waals surface area contributed by atoms with Gasteiger partial charge in [0.25, 0.3) is 0 Å². The van der Waals surface area contributed by atoms with E-state index in [9.17, 15) is 0 Å². The van der Waals surface area contributed by atoms with Gasteiger partial charge in [-0.1, -0.05) is 18.2 Å². The fourth-order valence-corrected chi connectivity index (χ4v) is 2.77. The number of rotatable bonds is 2. The van der Waals surface area contributed by atoms with Crippen LogP contribution in [0, 0.1) is 0 Å². The maximum absolute atomic E-state index is 6.04. The molecular formula is C15H19N3. The molecule has 1 atom stereocenters. The summed E-state index contributed by atoms with van der Waals surface area (Å²) in [6.45, 7) is 3.15. The first-order valence-corrected chi connectivity index (χ1v) is 6.63. The quantitative estimate of drug-likeness (QED) is 0.876. The number of pyridine rings is 1. The summed E-state index contributed by atoms with van der Waals surface area (Å²) in [5.41, 5.74) is 8.47. The zero-order valence-electron chi connectivity index (χ0n) is 10.5. The van der Waals surface area contributed by atoms with Crippen molar-refractivity contribution in [1.82, 2.24) is 9.88 Å². The van der Waals surface area contributed by atoms with Crippen LogP contribution in [-0.4, -0.2) is 29.0 Å². The Morgan fingerprint density at radius 1 is 1.28 bits per heavy atom. The second-order valence-corrected chi connectivity index (χ2v) is 5.12. The highest BCUT2D eigenvalue weighted by atomic mass is 15.1. The van der Waals surface area contributed by atoms with Gasteiger partial charge in [0.1, 0.15) is 0 Å². The molecule has 0 bridgehead atoms. The minimum absolute atomic E-state index is 0.340. The first-order valence-electron chi connectivity index (χ1n) is 6.63. The second kappa shape index (κ2) is 5.04. The molecule has 3 rings (SSSR count). The molecule has 1 unspecified atom stereocenters. The molecule has 94 valence electrons. The van der Waals surface area contributed by atoms with E-state index in [0.29, 0.717) is 6.04 Å². The molecule has 0 radical (unpaired) electrons. The molecule has 0 aliphatic carbocycles. The van der Waals surface area contributed by atoms with Crippen molar-refractivity contribution in [2.75, 3.05) is 13.1 Å². The van der Waals surface area contributed by atoms with Crippen molar-refractivity contribution in [2.45, 2.75) is 25.4 Å². The third-order valence-corrected chi connectivity index (χ3v) is 3.68. The lowest BCUT2D eigenvalue weighted by Crippen LogP contribution is -2.42. The summed E-state index contributed by atoms with van der Waals surface area (Å²) in [6, 6.07) is 10.8. The van der Waals surface area contributed by atoms with Gasteiger partial charge in [-0.05, 0) is 37.1 Å². The summed E-state index contributed by atoms with van der Waals surface area (Å²) in [6.07, 6.45) is 4.28. The van der Waals surface area contributed by atoms with Crippen LogP contribution in [0.2, 0.25) is 0 Å². The summed E-state index contributed by atoms with van der Waals surface area (Å²) in [5.74, 6) is 0. The average molecular weight is 241 g/mol. The number of para-hydroxylation sites is 1. The second-order valence-electron chi connectivity index (χ2n) is 5.12. The number of hydrogen-bond donors (Lipinski definition) is 1. The Morgan fingerprint density at radius 2 is 2.17 bits per heavy atom. The lowest BCUT2D eigenvalue weighted by molar-refractivity contribution is 0.202. The van der Waals surface area contributed by atoms with Gasteiger partial charge < -0.3 is 5.73 Å². The smallest absolute Gasteiger partial charge is 0.0705 e.